The van der Waals surface area contributed by atoms with Crippen LogP contribution in [0.25, 0.3) is 0 Å². The highest BCUT2D eigenvalue weighted by atomic mass is 16.5. The fraction of sp³-hybridized carbons (Fsp3) is 0.650. The van der Waals surface area contributed by atoms with Gasteiger partial charge in [-0.1, -0.05) is 12.1 Å². The van der Waals surface area contributed by atoms with E-state index < -0.39 is 5.41 Å². The summed E-state index contributed by atoms with van der Waals surface area (Å²) in [5.74, 6) is 0.918. The highest BCUT2D eigenvalue weighted by Crippen LogP contribution is 2.36. The van der Waals surface area contributed by atoms with Gasteiger partial charge in [0, 0.05) is 25.9 Å². The molecule has 2 heterocycles. The third kappa shape index (κ3) is 3.98. The smallest absolute Gasteiger partial charge is 0.231 e. The first kappa shape index (κ1) is 18.2. The fourth-order valence-electron chi connectivity index (χ4n) is 3.96. The summed E-state index contributed by atoms with van der Waals surface area (Å²) in [4.78, 5) is 13.3. The Hall–Kier alpha value is -1.59. The van der Waals surface area contributed by atoms with Crippen LogP contribution in [0.2, 0.25) is 0 Å². The first-order valence-corrected chi connectivity index (χ1v) is 9.12. The largest absolute Gasteiger partial charge is 0.497 e. The lowest BCUT2D eigenvalue weighted by Gasteiger charge is -2.40. The van der Waals surface area contributed by atoms with Gasteiger partial charge in [-0.25, -0.2) is 0 Å². The van der Waals surface area contributed by atoms with Gasteiger partial charge in [0.25, 0.3) is 0 Å². The lowest BCUT2D eigenvalue weighted by Crippen LogP contribution is -2.53. The summed E-state index contributed by atoms with van der Waals surface area (Å²) in [5, 5.41) is 3.31. The Labute approximate surface area is 150 Å². The maximum Gasteiger partial charge on any atom is 0.231 e. The van der Waals surface area contributed by atoms with Gasteiger partial charge in [-0.15, -0.1) is 0 Å². The maximum atomic E-state index is 13.3. The summed E-state index contributed by atoms with van der Waals surface area (Å²) in [6, 6.07) is 8.04. The maximum absolute atomic E-state index is 13.3. The van der Waals surface area contributed by atoms with E-state index in [9.17, 15) is 4.79 Å². The van der Waals surface area contributed by atoms with Gasteiger partial charge in [0.15, 0.2) is 0 Å². The summed E-state index contributed by atoms with van der Waals surface area (Å²) in [6.07, 6.45) is 3.12. The molecule has 25 heavy (non-hydrogen) atoms. The normalized spacial score (nSPS) is 25.2. The van der Waals surface area contributed by atoms with Crippen molar-refractivity contribution in [1.82, 2.24) is 5.32 Å². The van der Waals surface area contributed by atoms with E-state index in [-0.39, 0.29) is 17.6 Å². The minimum absolute atomic E-state index is 0.115. The second kappa shape index (κ2) is 7.34. The zero-order valence-electron chi connectivity index (χ0n) is 15.5. The first-order chi connectivity index (χ1) is 12.0. The van der Waals surface area contributed by atoms with Crippen LogP contribution >= 0.6 is 0 Å². The van der Waals surface area contributed by atoms with Crippen LogP contribution in [0.4, 0.5) is 0 Å². The van der Waals surface area contributed by atoms with E-state index in [1.807, 2.05) is 24.3 Å². The van der Waals surface area contributed by atoms with E-state index in [0.29, 0.717) is 32.7 Å². The van der Waals surface area contributed by atoms with Gasteiger partial charge in [0.1, 0.15) is 5.75 Å². The number of benzene rings is 1. The standard InChI is InChI=1S/C20H29NO4/c1-19(2)14-16(8-11-25-19)21-18(22)20(9-12-24-13-10-20)15-4-6-17(23-3)7-5-15/h4-7,16H,8-14H2,1-3H3,(H,21,22). The zero-order valence-corrected chi connectivity index (χ0v) is 15.5. The molecule has 1 atom stereocenters. The topological polar surface area (TPSA) is 56.8 Å². The Morgan fingerprint density at radius 2 is 1.84 bits per heavy atom. The molecule has 0 spiro atoms. The van der Waals surface area contributed by atoms with E-state index in [2.05, 4.69) is 19.2 Å². The van der Waals surface area contributed by atoms with Crippen LogP contribution in [0.5, 0.6) is 5.75 Å². The summed E-state index contributed by atoms with van der Waals surface area (Å²) in [7, 11) is 1.65. The highest BCUT2D eigenvalue weighted by Gasteiger charge is 2.43. The first-order valence-electron chi connectivity index (χ1n) is 9.12. The molecule has 138 valence electrons. The minimum atomic E-state index is -0.521. The molecule has 0 saturated carbocycles. The molecular weight excluding hydrogens is 318 g/mol. The molecule has 2 aliphatic rings. The molecule has 1 unspecified atom stereocenters. The predicted molar refractivity (Wildman–Crippen MR) is 95.9 cm³/mol. The van der Waals surface area contributed by atoms with E-state index in [4.69, 9.17) is 14.2 Å². The monoisotopic (exact) mass is 347 g/mol. The molecule has 1 aromatic rings. The molecule has 2 fully saturated rings. The molecular formula is C20H29NO4. The van der Waals surface area contributed by atoms with E-state index in [0.717, 1.165) is 24.2 Å². The van der Waals surface area contributed by atoms with E-state index in [1.54, 1.807) is 7.11 Å². The number of hydrogen-bond acceptors (Lipinski definition) is 4. The van der Waals surface area contributed by atoms with Crippen molar-refractivity contribution in [3.05, 3.63) is 29.8 Å². The van der Waals surface area contributed by atoms with Crippen LogP contribution in [-0.4, -0.2) is 44.5 Å². The summed E-state index contributed by atoms with van der Waals surface area (Å²) in [5.41, 5.74) is 0.340. The van der Waals surface area contributed by atoms with Gasteiger partial charge < -0.3 is 19.5 Å². The molecule has 3 rings (SSSR count). The Morgan fingerprint density at radius 1 is 1.16 bits per heavy atom. The molecule has 2 aliphatic heterocycles. The lowest BCUT2D eigenvalue weighted by atomic mass is 9.73. The van der Waals surface area contributed by atoms with Crippen molar-refractivity contribution in [1.29, 1.82) is 0 Å². The Kier molecular flexibility index (Phi) is 5.35. The molecule has 5 heteroatoms. The van der Waals surface area contributed by atoms with Crippen LogP contribution in [0.15, 0.2) is 24.3 Å². The van der Waals surface area contributed by atoms with Gasteiger partial charge in [-0.3, -0.25) is 4.79 Å². The SMILES string of the molecule is COc1ccc(C2(C(=O)NC3CCOC(C)(C)C3)CCOCC2)cc1. The molecule has 5 nitrogen and oxygen atoms in total. The molecule has 0 aliphatic carbocycles. The summed E-state index contributed by atoms with van der Waals surface area (Å²) >= 11 is 0. The van der Waals surface area contributed by atoms with Gasteiger partial charge >= 0.3 is 0 Å². The van der Waals surface area contributed by atoms with Crippen molar-refractivity contribution in [2.45, 2.75) is 56.6 Å². The predicted octanol–water partition coefficient (Wildman–Crippen LogP) is 2.82. The Balaban J connectivity index is 1.80. The van der Waals surface area contributed by atoms with Crippen LogP contribution in [0.3, 0.4) is 0 Å². The quantitative estimate of drug-likeness (QED) is 0.910. The summed E-state index contributed by atoms with van der Waals surface area (Å²) in [6.45, 7) is 6.08. The van der Waals surface area contributed by atoms with Crippen LogP contribution in [0, 0.1) is 0 Å². The van der Waals surface area contributed by atoms with Crippen molar-refractivity contribution in [2.75, 3.05) is 26.9 Å². The number of amides is 1. The Morgan fingerprint density at radius 3 is 2.44 bits per heavy atom. The van der Waals surface area contributed by atoms with Gasteiger partial charge in [-0.2, -0.15) is 0 Å². The van der Waals surface area contributed by atoms with Crippen LogP contribution in [-0.2, 0) is 19.7 Å². The molecule has 1 amide bonds. The Bertz CT molecular complexity index is 590. The fourth-order valence-corrected chi connectivity index (χ4v) is 3.96. The van der Waals surface area contributed by atoms with Gasteiger partial charge in [0.05, 0.1) is 18.1 Å². The molecule has 2 saturated heterocycles. The molecule has 0 aromatic heterocycles. The van der Waals surface area contributed by atoms with E-state index in [1.165, 1.54) is 0 Å². The van der Waals surface area contributed by atoms with Crippen molar-refractivity contribution in [2.24, 2.45) is 0 Å². The van der Waals surface area contributed by atoms with Gasteiger partial charge in [0.2, 0.25) is 5.91 Å². The number of rotatable bonds is 4. The average Bonchev–Trinajstić information content (AvgIpc) is 2.61. The molecule has 0 radical (unpaired) electrons. The second-order valence-corrected chi connectivity index (χ2v) is 7.69. The van der Waals surface area contributed by atoms with Crippen molar-refractivity contribution >= 4 is 5.91 Å². The van der Waals surface area contributed by atoms with Crippen molar-refractivity contribution in [3.8, 4) is 5.75 Å². The van der Waals surface area contributed by atoms with Crippen LogP contribution in [0.1, 0.15) is 45.1 Å². The van der Waals surface area contributed by atoms with E-state index >= 15 is 0 Å². The molecule has 1 aromatic carbocycles. The summed E-state index contributed by atoms with van der Waals surface area (Å²) < 4.78 is 16.6. The zero-order chi connectivity index (χ0) is 17.9. The minimum Gasteiger partial charge on any atom is -0.497 e. The molecule has 0 bridgehead atoms. The number of ether oxygens (including phenoxy) is 3. The number of hydrogen-bond donors (Lipinski definition) is 1. The number of methoxy groups -OCH3 is 1. The third-order valence-corrected chi connectivity index (χ3v) is 5.46. The van der Waals surface area contributed by atoms with Crippen molar-refractivity contribution in [3.63, 3.8) is 0 Å². The highest BCUT2D eigenvalue weighted by molar-refractivity contribution is 5.88. The molecule has 1 N–H and O–H groups in total. The average molecular weight is 347 g/mol. The lowest BCUT2D eigenvalue weighted by molar-refractivity contribution is -0.133. The third-order valence-electron chi connectivity index (χ3n) is 5.46. The second-order valence-electron chi connectivity index (χ2n) is 7.69. The van der Waals surface area contributed by atoms with Gasteiger partial charge in [-0.05, 0) is 57.2 Å². The van der Waals surface area contributed by atoms with Crippen molar-refractivity contribution < 1.29 is 19.0 Å². The van der Waals surface area contributed by atoms with Crippen LogP contribution < -0.4 is 10.1 Å². The number of carbonyl (C=O) groups excluding carboxylic acids is 1. The number of nitrogens with one attached hydrogen (secondary N) is 1. The number of carbonyl (C=O) groups is 1.